The van der Waals surface area contributed by atoms with Crippen LogP contribution in [0.25, 0.3) is 0 Å². The molecule has 0 radical (unpaired) electrons. The van der Waals surface area contributed by atoms with Crippen LogP contribution in [0.3, 0.4) is 0 Å². The Morgan fingerprint density at radius 2 is 2.53 bits per heavy atom. The quantitative estimate of drug-likeness (QED) is 0.841. The number of hydrogen-bond acceptors (Lipinski definition) is 3. The molecule has 1 amide bonds. The van der Waals surface area contributed by atoms with Crippen molar-refractivity contribution in [2.75, 3.05) is 11.9 Å². The third kappa shape index (κ3) is 3.56. The van der Waals surface area contributed by atoms with Gasteiger partial charge in [0.2, 0.25) is 5.91 Å². The molecule has 1 aliphatic rings. The molecule has 1 aliphatic heterocycles. The Kier molecular flexibility index (Phi) is 4.14. The van der Waals surface area contributed by atoms with Gasteiger partial charge in [-0.05, 0) is 32.6 Å². The Hall–Kier alpha value is -1.36. The molecule has 1 unspecified atom stereocenters. The van der Waals surface area contributed by atoms with Crippen molar-refractivity contribution < 1.29 is 9.53 Å². The van der Waals surface area contributed by atoms with Crippen LogP contribution in [0.1, 0.15) is 37.7 Å². The second-order valence-corrected chi connectivity index (χ2v) is 4.50. The molecule has 0 bridgehead atoms. The number of hydrogen-bond donors (Lipinski definition) is 2. The first-order valence-corrected chi connectivity index (χ1v) is 6.17. The highest BCUT2D eigenvalue weighted by Crippen LogP contribution is 2.17. The smallest absolute Gasteiger partial charge is 0.225 e. The molecule has 2 heterocycles. The maximum absolute atomic E-state index is 11.7. The summed E-state index contributed by atoms with van der Waals surface area (Å²) in [5.41, 5.74) is 0.951. The molecule has 5 heteroatoms. The summed E-state index contributed by atoms with van der Waals surface area (Å²) in [5.74, 6) is 0.714. The van der Waals surface area contributed by atoms with Gasteiger partial charge < -0.3 is 10.1 Å². The molecule has 2 N–H and O–H groups in total. The molecule has 1 aromatic rings. The largest absolute Gasteiger partial charge is 0.378 e. The standard InChI is InChI=1S/C12H19N3O2/c1-9-8-13-15-12(9)14-11(16)6-5-10-4-2-3-7-17-10/h8,10H,2-7H2,1H3,(H2,13,14,15,16). The SMILES string of the molecule is Cc1cn[nH]c1NC(=O)CCC1CCCCO1. The number of H-pyrrole nitrogens is 1. The Morgan fingerprint density at radius 3 is 3.18 bits per heavy atom. The molecule has 1 saturated heterocycles. The van der Waals surface area contributed by atoms with Gasteiger partial charge in [0.05, 0.1) is 12.3 Å². The number of aromatic amines is 1. The van der Waals surface area contributed by atoms with Crippen LogP contribution in [-0.4, -0.2) is 28.8 Å². The van der Waals surface area contributed by atoms with Gasteiger partial charge in [-0.2, -0.15) is 5.10 Å². The number of nitrogens with one attached hydrogen (secondary N) is 2. The van der Waals surface area contributed by atoms with Gasteiger partial charge in [0, 0.05) is 18.6 Å². The van der Waals surface area contributed by atoms with E-state index in [0.717, 1.165) is 31.4 Å². The topological polar surface area (TPSA) is 67.0 Å². The number of carbonyl (C=O) groups excluding carboxylic acids is 1. The molecule has 0 aliphatic carbocycles. The second kappa shape index (κ2) is 5.82. The summed E-state index contributed by atoms with van der Waals surface area (Å²) in [6.07, 6.45) is 6.71. The average Bonchev–Trinajstić information content (AvgIpc) is 2.74. The van der Waals surface area contributed by atoms with Gasteiger partial charge in [-0.25, -0.2) is 0 Å². The third-order valence-corrected chi connectivity index (χ3v) is 3.06. The molecule has 17 heavy (non-hydrogen) atoms. The average molecular weight is 237 g/mol. The fourth-order valence-electron chi connectivity index (χ4n) is 2.00. The molecule has 2 rings (SSSR count). The van der Waals surface area contributed by atoms with Gasteiger partial charge in [0.25, 0.3) is 0 Å². The van der Waals surface area contributed by atoms with Gasteiger partial charge in [0.15, 0.2) is 0 Å². The number of amides is 1. The van der Waals surface area contributed by atoms with Crippen LogP contribution in [0.15, 0.2) is 6.20 Å². The molecular weight excluding hydrogens is 218 g/mol. The number of carbonyl (C=O) groups is 1. The summed E-state index contributed by atoms with van der Waals surface area (Å²) < 4.78 is 5.59. The Labute approximate surface area is 101 Å². The molecule has 94 valence electrons. The second-order valence-electron chi connectivity index (χ2n) is 4.50. The Balaban J connectivity index is 1.72. The van der Waals surface area contributed by atoms with Crippen molar-refractivity contribution in [3.8, 4) is 0 Å². The lowest BCUT2D eigenvalue weighted by Gasteiger charge is -2.22. The summed E-state index contributed by atoms with van der Waals surface area (Å²) in [7, 11) is 0. The minimum Gasteiger partial charge on any atom is -0.378 e. The summed E-state index contributed by atoms with van der Waals surface area (Å²) in [4.78, 5) is 11.7. The highest BCUT2D eigenvalue weighted by atomic mass is 16.5. The van der Waals surface area contributed by atoms with Crippen LogP contribution in [0, 0.1) is 6.92 Å². The van der Waals surface area contributed by atoms with Gasteiger partial charge >= 0.3 is 0 Å². The zero-order valence-corrected chi connectivity index (χ0v) is 10.2. The normalized spacial score (nSPS) is 20.2. The van der Waals surface area contributed by atoms with Gasteiger partial charge in [0.1, 0.15) is 5.82 Å². The van der Waals surface area contributed by atoms with Crippen molar-refractivity contribution in [3.05, 3.63) is 11.8 Å². The highest BCUT2D eigenvalue weighted by molar-refractivity contribution is 5.90. The summed E-state index contributed by atoms with van der Waals surface area (Å²) >= 11 is 0. The van der Waals surface area contributed by atoms with Crippen LogP contribution in [-0.2, 0) is 9.53 Å². The number of rotatable bonds is 4. The predicted molar refractivity (Wildman–Crippen MR) is 64.8 cm³/mol. The van der Waals surface area contributed by atoms with Crippen molar-refractivity contribution in [2.45, 2.75) is 45.1 Å². The third-order valence-electron chi connectivity index (χ3n) is 3.06. The van der Waals surface area contributed by atoms with E-state index in [9.17, 15) is 4.79 Å². The molecule has 0 aromatic carbocycles. The summed E-state index contributed by atoms with van der Waals surface area (Å²) in [5, 5.41) is 9.44. The van der Waals surface area contributed by atoms with Crippen molar-refractivity contribution >= 4 is 11.7 Å². The molecule has 1 atom stereocenters. The number of aromatic nitrogens is 2. The van der Waals surface area contributed by atoms with Gasteiger partial charge in [-0.1, -0.05) is 0 Å². The van der Waals surface area contributed by atoms with Crippen molar-refractivity contribution in [1.82, 2.24) is 10.2 Å². The van der Waals surface area contributed by atoms with E-state index in [4.69, 9.17) is 4.74 Å². The fourth-order valence-corrected chi connectivity index (χ4v) is 2.00. The van der Waals surface area contributed by atoms with E-state index in [1.54, 1.807) is 6.20 Å². The molecule has 0 spiro atoms. The zero-order valence-electron chi connectivity index (χ0n) is 10.2. The number of anilines is 1. The highest BCUT2D eigenvalue weighted by Gasteiger charge is 2.15. The van der Waals surface area contributed by atoms with Crippen molar-refractivity contribution in [3.63, 3.8) is 0 Å². The van der Waals surface area contributed by atoms with E-state index in [1.807, 2.05) is 6.92 Å². The first kappa shape index (κ1) is 12.1. The van der Waals surface area contributed by atoms with Crippen molar-refractivity contribution in [1.29, 1.82) is 0 Å². The molecule has 0 saturated carbocycles. The Morgan fingerprint density at radius 1 is 1.65 bits per heavy atom. The fraction of sp³-hybridized carbons (Fsp3) is 0.667. The Bertz CT molecular complexity index is 370. The van der Waals surface area contributed by atoms with E-state index in [-0.39, 0.29) is 12.0 Å². The van der Waals surface area contributed by atoms with Crippen LogP contribution in [0.2, 0.25) is 0 Å². The lowest BCUT2D eigenvalue weighted by atomic mass is 10.0. The number of nitrogens with zero attached hydrogens (tertiary/aromatic N) is 1. The van der Waals surface area contributed by atoms with E-state index in [1.165, 1.54) is 6.42 Å². The summed E-state index contributed by atoms with van der Waals surface area (Å²) in [6, 6.07) is 0. The minimum absolute atomic E-state index is 0.0199. The maximum atomic E-state index is 11.7. The first-order chi connectivity index (χ1) is 8.25. The van der Waals surface area contributed by atoms with E-state index < -0.39 is 0 Å². The van der Waals surface area contributed by atoms with E-state index in [2.05, 4.69) is 15.5 Å². The van der Waals surface area contributed by atoms with Gasteiger partial charge in [-0.3, -0.25) is 9.89 Å². The summed E-state index contributed by atoms with van der Waals surface area (Å²) in [6.45, 7) is 2.75. The van der Waals surface area contributed by atoms with Crippen molar-refractivity contribution in [2.24, 2.45) is 0 Å². The predicted octanol–water partition coefficient (Wildman–Crippen LogP) is 2.01. The monoisotopic (exact) mass is 237 g/mol. The maximum Gasteiger partial charge on any atom is 0.225 e. The zero-order chi connectivity index (χ0) is 12.1. The minimum atomic E-state index is 0.0199. The number of aryl methyl sites for hydroxylation is 1. The lowest BCUT2D eigenvalue weighted by Crippen LogP contribution is -2.22. The van der Waals surface area contributed by atoms with Crippen LogP contribution >= 0.6 is 0 Å². The van der Waals surface area contributed by atoms with Crippen LogP contribution < -0.4 is 5.32 Å². The van der Waals surface area contributed by atoms with Crippen LogP contribution in [0.4, 0.5) is 5.82 Å². The molecule has 5 nitrogen and oxygen atoms in total. The van der Waals surface area contributed by atoms with E-state index in [0.29, 0.717) is 12.2 Å². The van der Waals surface area contributed by atoms with E-state index >= 15 is 0 Å². The van der Waals surface area contributed by atoms with Crippen LogP contribution in [0.5, 0.6) is 0 Å². The molecule has 1 aromatic heterocycles. The lowest BCUT2D eigenvalue weighted by molar-refractivity contribution is -0.117. The molecule has 1 fully saturated rings. The first-order valence-electron chi connectivity index (χ1n) is 6.17. The number of ether oxygens (including phenoxy) is 1. The molecular formula is C12H19N3O2. The van der Waals surface area contributed by atoms with Gasteiger partial charge in [-0.15, -0.1) is 0 Å².